The molecule has 72 valence electrons. The normalized spacial score (nSPS) is 21.1. The van der Waals surface area contributed by atoms with Crippen LogP contribution < -0.4 is 0 Å². The minimum atomic E-state index is -0.584. The van der Waals surface area contributed by atoms with E-state index in [0.29, 0.717) is 0 Å². The zero-order chi connectivity index (χ0) is 8.32. The molecule has 0 aromatic carbocycles. The van der Waals surface area contributed by atoms with Gasteiger partial charge in [-0.1, -0.05) is 26.2 Å². The van der Waals surface area contributed by atoms with Gasteiger partial charge in [-0.25, -0.2) is 0 Å². The van der Waals surface area contributed by atoms with Crippen molar-refractivity contribution in [2.75, 3.05) is 0 Å². The number of carboxylic acids is 1. The summed E-state index contributed by atoms with van der Waals surface area (Å²) in [7, 11) is 0. The molecule has 12 heavy (non-hydrogen) atoms. The van der Waals surface area contributed by atoms with E-state index in [1.807, 2.05) is 6.92 Å². The summed E-state index contributed by atoms with van der Waals surface area (Å²) >= 11 is 0. The summed E-state index contributed by atoms with van der Waals surface area (Å²) in [6.45, 7) is 1.99. The average Bonchev–Trinajstić information content (AvgIpc) is 2.05. The number of carboxylic acid groups (broad SMARTS) is 1. The minimum absolute atomic E-state index is 0. The highest BCUT2D eigenvalue weighted by Crippen LogP contribution is 2.39. The Balaban J connectivity index is 0.00000121. The van der Waals surface area contributed by atoms with Crippen LogP contribution in [0.25, 0.3) is 0 Å². The molecule has 0 aromatic rings. The molecule has 0 bridgehead atoms. The molecule has 0 saturated heterocycles. The van der Waals surface area contributed by atoms with Crippen LogP contribution in [-0.4, -0.2) is 11.1 Å². The van der Waals surface area contributed by atoms with Crippen LogP contribution >= 0.6 is 12.4 Å². The van der Waals surface area contributed by atoms with Gasteiger partial charge in [-0.2, -0.15) is 0 Å². The molecule has 0 heterocycles. The Bertz CT molecular complexity index is 151. The molecule has 1 aliphatic carbocycles. The molecule has 0 aromatic heterocycles. The highest BCUT2D eigenvalue weighted by atomic mass is 35.5. The average molecular weight is 193 g/mol. The van der Waals surface area contributed by atoms with Crippen LogP contribution in [0.2, 0.25) is 0 Å². The van der Waals surface area contributed by atoms with Crippen molar-refractivity contribution >= 4 is 18.4 Å². The van der Waals surface area contributed by atoms with Crippen LogP contribution in [-0.2, 0) is 4.79 Å². The summed E-state index contributed by atoms with van der Waals surface area (Å²) in [6, 6.07) is 0. The molecular formula is C9H17ClO2. The summed E-state index contributed by atoms with van der Waals surface area (Å²) in [5.74, 6) is -0.584. The van der Waals surface area contributed by atoms with E-state index in [0.717, 1.165) is 32.1 Å². The van der Waals surface area contributed by atoms with Crippen LogP contribution in [0.1, 0.15) is 45.4 Å². The number of hydrogen-bond acceptors (Lipinski definition) is 1. The van der Waals surface area contributed by atoms with Crippen molar-refractivity contribution in [2.24, 2.45) is 5.41 Å². The highest BCUT2D eigenvalue weighted by Gasteiger charge is 2.37. The molecule has 3 heteroatoms. The SMILES string of the molecule is CCC1(C(=O)O)CCCCC1.Cl. The van der Waals surface area contributed by atoms with E-state index in [1.54, 1.807) is 0 Å². The Labute approximate surface area is 79.8 Å². The topological polar surface area (TPSA) is 37.3 Å². The molecule has 2 nitrogen and oxygen atoms in total. The first-order valence-electron chi connectivity index (χ1n) is 4.45. The van der Waals surface area contributed by atoms with E-state index in [4.69, 9.17) is 5.11 Å². The predicted molar refractivity (Wildman–Crippen MR) is 50.7 cm³/mol. The molecule has 0 atom stereocenters. The van der Waals surface area contributed by atoms with Crippen LogP contribution in [0.15, 0.2) is 0 Å². The first-order chi connectivity index (χ1) is 5.21. The summed E-state index contributed by atoms with van der Waals surface area (Å²) in [4.78, 5) is 10.9. The van der Waals surface area contributed by atoms with Crippen LogP contribution in [0, 0.1) is 5.41 Å². The lowest BCUT2D eigenvalue weighted by Gasteiger charge is -2.31. The molecule has 1 saturated carbocycles. The number of halogens is 1. The van der Waals surface area contributed by atoms with Gasteiger partial charge in [-0.3, -0.25) is 4.79 Å². The Morgan fingerprint density at radius 2 is 1.83 bits per heavy atom. The maximum absolute atomic E-state index is 10.9. The van der Waals surface area contributed by atoms with Gasteiger partial charge in [0.2, 0.25) is 0 Å². The largest absolute Gasteiger partial charge is 0.481 e. The molecule has 1 rings (SSSR count). The van der Waals surface area contributed by atoms with Gasteiger partial charge in [0.15, 0.2) is 0 Å². The summed E-state index contributed by atoms with van der Waals surface area (Å²) in [5.41, 5.74) is -0.363. The summed E-state index contributed by atoms with van der Waals surface area (Å²) in [6.07, 6.45) is 5.98. The van der Waals surface area contributed by atoms with Crippen molar-refractivity contribution in [3.05, 3.63) is 0 Å². The number of hydrogen-bond donors (Lipinski definition) is 1. The number of carbonyl (C=O) groups is 1. The summed E-state index contributed by atoms with van der Waals surface area (Å²) in [5, 5.41) is 8.99. The van der Waals surface area contributed by atoms with E-state index in [9.17, 15) is 4.79 Å². The molecular weight excluding hydrogens is 176 g/mol. The van der Waals surface area contributed by atoms with Crippen molar-refractivity contribution in [3.8, 4) is 0 Å². The smallest absolute Gasteiger partial charge is 0.309 e. The van der Waals surface area contributed by atoms with Gasteiger partial charge in [0.1, 0.15) is 0 Å². The van der Waals surface area contributed by atoms with E-state index in [2.05, 4.69) is 0 Å². The van der Waals surface area contributed by atoms with Gasteiger partial charge in [0.25, 0.3) is 0 Å². The van der Waals surface area contributed by atoms with Gasteiger partial charge >= 0.3 is 5.97 Å². The van der Waals surface area contributed by atoms with Crippen LogP contribution in [0.5, 0.6) is 0 Å². The first kappa shape index (κ1) is 11.8. The second-order valence-corrected chi connectivity index (χ2v) is 3.50. The van der Waals surface area contributed by atoms with Gasteiger partial charge in [-0.05, 0) is 19.3 Å². The third-order valence-corrected chi connectivity index (χ3v) is 2.94. The maximum atomic E-state index is 10.9. The Hall–Kier alpha value is -0.240. The van der Waals surface area contributed by atoms with Gasteiger partial charge in [-0.15, -0.1) is 12.4 Å². The van der Waals surface area contributed by atoms with Crippen LogP contribution in [0.4, 0.5) is 0 Å². The molecule has 0 unspecified atom stereocenters. The molecule has 1 aliphatic rings. The third-order valence-electron chi connectivity index (χ3n) is 2.94. The molecule has 0 amide bonds. The van der Waals surface area contributed by atoms with Crippen molar-refractivity contribution in [1.82, 2.24) is 0 Å². The monoisotopic (exact) mass is 192 g/mol. The fourth-order valence-corrected chi connectivity index (χ4v) is 1.95. The molecule has 1 N–H and O–H groups in total. The molecule has 1 fully saturated rings. The van der Waals surface area contributed by atoms with Gasteiger partial charge in [0.05, 0.1) is 5.41 Å². The van der Waals surface area contributed by atoms with Gasteiger partial charge in [0, 0.05) is 0 Å². The molecule has 0 spiro atoms. The van der Waals surface area contributed by atoms with Crippen molar-refractivity contribution in [2.45, 2.75) is 45.4 Å². The highest BCUT2D eigenvalue weighted by molar-refractivity contribution is 5.85. The lowest BCUT2D eigenvalue weighted by molar-refractivity contribution is -0.151. The van der Waals surface area contributed by atoms with Crippen molar-refractivity contribution < 1.29 is 9.90 Å². The van der Waals surface area contributed by atoms with Gasteiger partial charge < -0.3 is 5.11 Å². The fraction of sp³-hybridized carbons (Fsp3) is 0.889. The van der Waals surface area contributed by atoms with E-state index in [1.165, 1.54) is 6.42 Å². The minimum Gasteiger partial charge on any atom is -0.481 e. The van der Waals surface area contributed by atoms with Crippen molar-refractivity contribution in [3.63, 3.8) is 0 Å². The quantitative estimate of drug-likeness (QED) is 0.731. The maximum Gasteiger partial charge on any atom is 0.309 e. The zero-order valence-corrected chi connectivity index (χ0v) is 8.32. The fourth-order valence-electron chi connectivity index (χ4n) is 1.95. The van der Waals surface area contributed by atoms with E-state index < -0.39 is 5.97 Å². The van der Waals surface area contributed by atoms with Crippen molar-refractivity contribution in [1.29, 1.82) is 0 Å². The van der Waals surface area contributed by atoms with E-state index >= 15 is 0 Å². The summed E-state index contributed by atoms with van der Waals surface area (Å²) < 4.78 is 0. The molecule has 0 radical (unpaired) electrons. The lowest BCUT2D eigenvalue weighted by atomic mass is 9.72. The first-order valence-corrected chi connectivity index (χ1v) is 4.45. The Morgan fingerprint density at radius 1 is 1.33 bits per heavy atom. The standard InChI is InChI=1S/C9H16O2.ClH/c1-2-9(8(10)11)6-4-3-5-7-9;/h2-7H2,1H3,(H,10,11);1H. The number of aliphatic carboxylic acids is 1. The second kappa shape index (κ2) is 4.70. The number of rotatable bonds is 2. The molecule has 0 aliphatic heterocycles. The zero-order valence-electron chi connectivity index (χ0n) is 7.51. The van der Waals surface area contributed by atoms with Crippen LogP contribution in [0.3, 0.4) is 0 Å². The lowest BCUT2D eigenvalue weighted by Crippen LogP contribution is -2.32. The predicted octanol–water partition coefficient (Wildman–Crippen LogP) is 2.85. The Kier molecular flexibility index (Phi) is 4.61. The third kappa shape index (κ3) is 2.13. The Morgan fingerprint density at radius 3 is 2.08 bits per heavy atom. The van der Waals surface area contributed by atoms with E-state index in [-0.39, 0.29) is 17.8 Å². The second-order valence-electron chi connectivity index (χ2n) is 3.50.